The molecular weight excluding hydrogens is 236 g/mol. The van der Waals surface area contributed by atoms with Crippen LogP contribution in [-0.4, -0.2) is 5.91 Å². The van der Waals surface area contributed by atoms with Crippen LogP contribution >= 0.6 is 0 Å². The minimum atomic E-state index is 0.0259. The van der Waals surface area contributed by atoms with E-state index < -0.39 is 0 Å². The highest BCUT2D eigenvalue weighted by molar-refractivity contribution is 5.78. The molecule has 0 saturated heterocycles. The summed E-state index contributed by atoms with van der Waals surface area (Å²) in [5.74, 6) is 0.0259. The Balaban J connectivity index is 1.90. The molecule has 2 aromatic rings. The zero-order valence-electron chi connectivity index (χ0n) is 10.8. The molecule has 3 nitrogen and oxygen atoms in total. The van der Waals surface area contributed by atoms with Crippen LogP contribution in [0.15, 0.2) is 54.6 Å². The van der Waals surface area contributed by atoms with Gasteiger partial charge in [0, 0.05) is 13.1 Å². The number of amides is 1. The van der Waals surface area contributed by atoms with E-state index in [1.165, 1.54) is 0 Å². The van der Waals surface area contributed by atoms with Crippen molar-refractivity contribution < 1.29 is 4.79 Å². The molecule has 0 aliphatic carbocycles. The molecule has 0 aliphatic heterocycles. The van der Waals surface area contributed by atoms with Crippen molar-refractivity contribution in [3.63, 3.8) is 0 Å². The van der Waals surface area contributed by atoms with E-state index in [0.717, 1.165) is 16.7 Å². The molecule has 0 fully saturated rings. The van der Waals surface area contributed by atoms with Crippen LogP contribution in [0, 0.1) is 0 Å². The van der Waals surface area contributed by atoms with Gasteiger partial charge in [-0.25, -0.2) is 0 Å². The summed E-state index contributed by atoms with van der Waals surface area (Å²) in [4.78, 5) is 11.8. The largest absolute Gasteiger partial charge is 0.352 e. The van der Waals surface area contributed by atoms with Gasteiger partial charge in [-0.05, 0) is 16.7 Å². The molecule has 0 bridgehead atoms. The highest BCUT2D eigenvalue weighted by atomic mass is 16.1. The number of benzene rings is 2. The van der Waals surface area contributed by atoms with Crippen molar-refractivity contribution in [1.82, 2.24) is 5.32 Å². The molecule has 2 rings (SSSR count). The Morgan fingerprint density at radius 3 is 2.26 bits per heavy atom. The van der Waals surface area contributed by atoms with Crippen molar-refractivity contribution in [3.8, 4) is 0 Å². The highest BCUT2D eigenvalue weighted by Gasteiger charge is 2.04. The van der Waals surface area contributed by atoms with E-state index in [2.05, 4.69) is 5.32 Å². The summed E-state index contributed by atoms with van der Waals surface area (Å²) in [5, 5.41) is 2.93. The molecule has 0 heterocycles. The number of nitrogens with one attached hydrogen (secondary N) is 1. The van der Waals surface area contributed by atoms with Gasteiger partial charge in [0.2, 0.25) is 5.91 Å². The fraction of sp³-hybridized carbons (Fsp3) is 0.188. The fourth-order valence-corrected chi connectivity index (χ4v) is 1.97. The molecule has 0 spiro atoms. The van der Waals surface area contributed by atoms with E-state index in [4.69, 9.17) is 5.73 Å². The smallest absolute Gasteiger partial charge is 0.224 e. The maximum atomic E-state index is 11.8. The molecule has 98 valence electrons. The quantitative estimate of drug-likeness (QED) is 0.857. The second kappa shape index (κ2) is 6.71. The zero-order chi connectivity index (χ0) is 13.5. The Labute approximate surface area is 113 Å². The van der Waals surface area contributed by atoms with Crippen LogP contribution in [0.25, 0.3) is 0 Å². The molecule has 2 aromatic carbocycles. The number of hydrogen-bond acceptors (Lipinski definition) is 2. The van der Waals surface area contributed by atoms with Crippen LogP contribution in [0.2, 0.25) is 0 Å². The molecule has 0 saturated carbocycles. The lowest BCUT2D eigenvalue weighted by Crippen LogP contribution is -2.25. The van der Waals surface area contributed by atoms with Crippen LogP contribution in [0.5, 0.6) is 0 Å². The van der Waals surface area contributed by atoms with Crippen molar-refractivity contribution in [1.29, 1.82) is 0 Å². The first-order chi connectivity index (χ1) is 9.29. The molecule has 1 amide bonds. The van der Waals surface area contributed by atoms with Gasteiger partial charge in [-0.2, -0.15) is 0 Å². The van der Waals surface area contributed by atoms with Gasteiger partial charge in [-0.1, -0.05) is 54.6 Å². The van der Waals surface area contributed by atoms with Crippen molar-refractivity contribution in [2.75, 3.05) is 0 Å². The van der Waals surface area contributed by atoms with Gasteiger partial charge >= 0.3 is 0 Å². The lowest BCUT2D eigenvalue weighted by atomic mass is 10.1. The molecule has 3 N–H and O–H groups in total. The first kappa shape index (κ1) is 13.3. The molecule has 0 aromatic heterocycles. The standard InChI is InChI=1S/C16H18N2O/c17-11-14-8-4-5-9-15(14)12-18-16(19)10-13-6-2-1-3-7-13/h1-9H,10-12,17H2,(H,18,19). The van der Waals surface area contributed by atoms with Crippen LogP contribution in [0.1, 0.15) is 16.7 Å². The molecule has 0 aliphatic rings. The summed E-state index contributed by atoms with van der Waals surface area (Å²) in [6.45, 7) is 1.02. The predicted octanol–water partition coefficient (Wildman–Crippen LogP) is 2.00. The Bertz CT molecular complexity index is 537. The van der Waals surface area contributed by atoms with E-state index in [1.807, 2.05) is 54.6 Å². The molecule has 0 atom stereocenters. The summed E-state index contributed by atoms with van der Waals surface area (Å²) < 4.78 is 0. The van der Waals surface area contributed by atoms with Gasteiger partial charge in [-0.3, -0.25) is 4.79 Å². The average molecular weight is 254 g/mol. The third-order valence-electron chi connectivity index (χ3n) is 3.02. The Hall–Kier alpha value is -2.13. The zero-order valence-corrected chi connectivity index (χ0v) is 10.8. The summed E-state index contributed by atoms with van der Waals surface area (Å²) in [5.41, 5.74) is 8.84. The summed E-state index contributed by atoms with van der Waals surface area (Å²) >= 11 is 0. The van der Waals surface area contributed by atoms with Gasteiger partial charge in [0.25, 0.3) is 0 Å². The fourth-order valence-electron chi connectivity index (χ4n) is 1.97. The number of nitrogens with two attached hydrogens (primary N) is 1. The lowest BCUT2D eigenvalue weighted by molar-refractivity contribution is -0.120. The van der Waals surface area contributed by atoms with E-state index >= 15 is 0 Å². The SMILES string of the molecule is NCc1ccccc1CNC(=O)Cc1ccccc1. The van der Waals surface area contributed by atoms with Crippen LogP contribution in [-0.2, 0) is 24.3 Å². The Morgan fingerprint density at radius 1 is 0.947 bits per heavy atom. The third-order valence-corrected chi connectivity index (χ3v) is 3.02. The first-order valence-corrected chi connectivity index (χ1v) is 6.37. The maximum Gasteiger partial charge on any atom is 0.224 e. The Morgan fingerprint density at radius 2 is 1.58 bits per heavy atom. The predicted molar refractivity (Wildman–Crippen MR) is 76.3 cm³/mol. The minimum absolute atomic E-state index is 0.0259. The van der Waals surface area contributed by atoms with E-state index in [1.54, 1.807) is 0 Å². The van der Waals surface area contributed by atoms with E-state index in [9.17, 15) is 4.79 Å². The van der Waals surface area contributed by atoms with Gasteiger partial charge in [0.1, 0.15) is 0 Å². The lowest BCUT2D eigenvalue weighted by Gasteiger charge is -2.09. The van der Waals surface area contributed by atoms with Crippen LogP contribution in [0.4, 0.5) is 0 Å². The topological polar surface area (TPSA) is 55.1 Å². The summed E-state index contributed by atoms with van der Waals surface area (Å²) in [6, 6.07) is 17.6. The van der Waals surface area contributed by atoms with Gasteiger partial charge in [0.05, 0.1) is 6.42 Å². The van der Waals surface area contributed by atoms with Crippen LogP contribution < -0.4 is 11.1 Å². The van der Waals surface area contributed by atoms with Crippen molar-refractivity contribution in [2.45, 2.75) is 19.5 Å². The number of carbonyl (C=O) groups is 1. The summed E-state index contributed by atoms with van der Waals surface area (Å²) in [7, 11) is 0. The summed E-state index contributed by atoms with van der Waals surface area (Å²) in [6.07, 6.45) is 0.408. The molecule has 19 heavy (non-hydrogen) atoms. The van der Waals surface area contributed by atoms with Gasteiger partial charge in [0.15, 0.2) is 0 Å². The Kier molecular flexibility index (Phi) is 4.70. The molecular formula is C16H18N2O. The maximum absolute atomic E-state index is 11.8. The van der Waals surface area contributed by atoms with Crippen molar-refractivity contribution in [2.24, 2.45) is 5.73 Å². The van der Waals surface area contributed by atoms with Gasteiger partial charge < -0.3 is 11.1 Å². The van der Waals surface area contributed by atoms with Crippen molar-refractivity contribution in [3.05, 3.63) is 71.3 Å². The van der Waals surface area contributed by atoms with E-state index in [-0.39, 0.29) is 5.91 Å². The average Bonchev–Trinajstić information content (AvgIpc) is 2.46. The molecule has 3 heteroatoms. The first-order valence-electron chi connectivity index (χ1n) is 6.37. The third kappa shape index (κ3) is 3.93. The van der Waals surface area contributed by atoms with Crippen LogP contribution in [0.3, 0.4) is 0 Å². The molecule has 0 unspecified atom stereocenters. The van der Waals surface area contributed by atoms with Crippen molar-refractivity contribution >= 4 is 5.91 Å². The minimum Gasteiger partial charge on any atom is -0.352 e. The number of rotatable bonds is 5. The van der Waals surface area contributed by atoms with Gasteiger partial charge in [-0.15, -0.1) is 0 Å². The highest BCUT2D eigenvalue weighted by Crippen LogP contribution is 2.07. The second-order valence-corrected chi connectivity index (χ2v) is 4.41. The molecule has 0 radical (unpaired) electrons. The monoisotopic (exact) mass is 254 g/mol. The second-order valence-electron chi connectivity index (χ2n) is 4.41. The normalized spacial score (nSPS) is 10.2. The van der Waals surface area contributed by atoms with E-state index in [0.29, 0.717) is 19.5 Å². The number of carbonyl (C=O) groups excluding carboxylic acids is 1. The number of hydrogen-bond donors (Lipinski definition) is 2.